The van der Waals surface area contributed by atoms with E-state index in [1.807, 2.05) is 6.92 Å². The zero-order chi connectivity index (χ0) is 13.9. The first-order chi connectivity index (χ1) is 9.04. The smallest absolute Gasteiger partial charge is 0.261 e. The molecule has 0 bridgehead atoms. The molecule has 1 aromatic heterocycles. The van der Waals surface area contributed by atoms with E-state index in [9.17, 15) is 12.8 Å². The number of rotatable bonds is 5. The Balaban J connectivity index is 2.04. The van der Waals surface area contributed by atoms with Gasteiger partial charge in [0.15, 0.2) is 5.82 Å². The molecular formula is C12H17FN2O3S. The Bertz CT molecular complexity index is 536. The summed E-state index contributed by atoms with van der Waals surface area (Å²) in [5.74, 6) is -0.712. The maximum atomic E-state index is 13.4. The number of hydrogen-bond donors (Lipinski definition) is 1. The van der Waals surface area contributed by atoms with Crippen LogP contribution in [0.15, 0.2) is 23.4 Å². The Morgan fingerprint density at radius 1 is 1.58 bits per heavy atom. The minimum Gasteiger partial charge on any atom is -0.378 e. The van der Waals surface area contributed by atoms with Crippen LogP contribution in [0.3, 0.4) is 0 Å². The lowest BCUT2D eigenvalue weighted by Crippen LogP contribution is -2.33. The highest BCUT2D eigenvalue weighted by atomic mass is 32.2. The third-order valence-corrected chi connectivity index (χ3v) is 4.62. The van der Waals surface area contributed by atoms with Gasteiger partial charge in [0.2, 0.25) is 5.03 Å². The standard InChI is InChI=1S/C12H17FN2O3S/c1-2-11-9(5-7-18-11)8-15-19(16,17)12-10(13)4-3-6-14-12/h3-4,6,9,11,15H,2,5,7-8H2,1H3. The Hall–Kier alpha value is -1.05. The molecule has 19 heavy (non-hydrogen) atoms. The summed E-state index contributed by atoms with van der Waals surface area (Å²) in [6.07, 6.45) is 2.97. The number of nitrogens with one attached hydrogen (secondary N) is 1. The number of hydrogen-bond acceptors (Lipinski definition) is 4. The van der Waals surface area contributed by atoms with E-state index in [0.717, 1.165) is 18.9 Å². The van der Waals surface area contributed by atoms with Crippen LogP contribution < -0.4 is 4.72 Å². The summed E-state index contributed by atoms with van der Waals surface area (Å²) < 4.78 is 45.2. The molecule has 0 aromatic carbocycles. The summed E-state index contributed by atoms with van der Waals surface area (Å²) in [5, 5.41) is -0.554. The highest BCUT2D eigenvalue weighted by molar-refractivity contribution is 7.89. The van der Waals surface area contributed by atoms with E-state index in [1.54, 1.807) is 0 Å². The Morgan fingerprint density at radius 3 is 3.05 bits per heavy atom. The van der Waals surface area contributed by atoms with Crippen LogP contribution in [0, 0.1) is 11.7 Å². The molecule has 0 radical (unpaired) electrons. The second-order valence-electron chi connectivity index (χ2n) is 4.51. The SMILES string of the molecule is CCC1OCCC1CNS(=O)(=O)c1ncccc1F. The maximum absolute atomic E-state index is 13.4. The van der Waals surface area contributed by atoms with Crippen molar-refractivity contribution in [3.8, 4) is 0 Å². The van der Waals surface area contributed by atoms with Crippen molar-refractivity contribution in [1.82, 2.24) is 9.71 Å². The highest BCUT2D eigenvalue weighted by Gasteiger charge is 2.29. The lowest BCUT2D eigenvalue weighted by molar-refractivity contribution is 0.0884. The van der Waals surface area contributed by atoms with E-state index in [0.29, 0.717) is 6.61 Å². The van der Waals surface area contributed by atoms with Gasteiger partial charge in [-0.3, -0.25) is 0 Å². The average molecular weight is 288 g/mol. The predicted octanol–water partition coefficient (Wildman–Crippen LogP) is 1.31. The van der Waals surface area contributed by atoms with Crippen molar-refractivity contribution in [3.05, 3.63) is 24.1 Å². The van der Waals surface area contributed by atoms with Gasteiger partial charge in [0.05, 0.1) is 6.10 Å². The van der Waals surface area contributed by atoms with Crippen LogP contribution in [0.2, 0.25) is 0 Å². The lowest BCUT2D eigenvalue weighted by atomic mass is 10.0. The van der Waals surface area contributed by atoms with Crippen molar-refractivity contribution >= 4 is 10.0 Å². The first kappa shape index (κ1) is 14.4. The Morgan fingerprint density at radius 2 is 2.37 bits per heavy atom. The molecule has 7 heteroatoms. The molecule has 2 heterocycles. The molecule has 1 fully saturated rings. The zero-order valence-corrected chi connectivity index (χ0v) is 11.5. The molecule has 2 rings (SSSR count). The van der Waals surface area contributed by atoms with E-state index in [2.05, 4.69) is 9.71 Å². The van der Waals surface area contributed by atoms with Gasteiger partial charge in [-0.25, -0.2) is 22.5 Å². The van der Waals surface area contributed by atoms with Gasteiger partial charge in [-0.1, -0.05) is 6.92 Å². The molecule has 1 aromatic rings. The van der Waals surface area contributed by atoms with Crippen molar-refractivity contribution in [2.75, 3.05) is 13.2 Å². The van der Waals surface area contributed by atoms with Gasteiger partial charge >= 0.3 is 0 Å². The first-order valence-electron chi connectivity index (χ1n) is 6.26. The predicted molar refractivity (Wildman–Crippen MR) is 67.5 cm³/mol. The minimum atomic E-state index is -3.90. The summed E-state index contributed by atoms with van der Waals surface area (Å²) in [6, 6.07) is 2.43. The number of nitrogens with zero attached hydrogens (tertiary/aromatic N) is 1. The van der Waals surface area contributed by atoms with Crippen molar-refractivity contribution < 1.29 is 17.5 Å². The molecule has 2 atom stereocenters. The molecule has 0 amide bonds. The fourth-order valence-corrected chi connectivity index (χ4v) is 3.33. The topological polar surface area (TPSA) is 68.3 Å². The van der Waals surface area contributed by atoms with Gasteiger partial charge in [-0.2, -0.15) is 0 Å². The van der Waals surface area contributed by atoms with Crippen LogP contribution in [-0.2, 0) is 14.8 Å². The molecule has 1 aliphatic heterocycles. The second-order valence-corrected chi connectivity index (χ2v) is 6.19. The van der Waals surface area contributed by atoms with E-state index in [4.69, 9.17) is 4.74 Å². The van der Waals surface area contributed by atoms with Gasteiger partial charge in [0.1, 0.15) is 0 Å². The minimum absolute atomic E-state index is 0.0660. The zero-order valence-electron chi connectivity index (χ0n) is 10.7. The van der Waals surface area contributed by atoms with Crippen LogP contribution in [0.5, 0.6) is 0 Å². The normalized spacial score (nSPS) is 23.7. The molecule has 1 aliphatic rings. The van der Waals surface area contributed by atoms with Gasteiger partial charge in [-0.05, 0) is 25.0 Å². The summed E-state index contributed by atoms with van der Waals surface area (Å²) in [5.41, 5.74) is 0. The fraction of sp³-hybridized carbons (Fsp3) is 0.583. The first-order valence-corrected chi connectivity index (χ1v) is 7.74. The van der Waals surface area contributed by atoms with Crippen molar-refractivity contribution in [2.24, 2.45) is 5.92 Å². The number of ether oxygens (including phenoxy) is 1. The van der Waals surface area contributed by atoms with Crippen LogP contribution in [0.25, 0.3) is 0 Å². The van der Waals surface area contributed by atoms with Gasteiger partial charge in [0.25, 0.3) is 10.0 Å². The summed E-state index contributed by atoms with van der Waals surface area (Å²) >= 11 is 0. The van der Waals surface area contributed by atoms with Crippen LogP contribution in [-0.4, -0.2) is 32.7 Å². The number of aromatic nitrogens is 1. The third-order valence-electron chi connectivity index (χ3n) is 3.26. The van der Waals surface area contributed by atoms with Gasteiger partial charge in [0, 0.05) is 25.3 Å². The molecule has 2 unspecified atom stereocenters. The van der Waals surface area contributed by atoms with Crippen LogP contribution in [0.4, 0.5) is 4.39 Å². The van der Waals surface area contributed by atoms with Gasteiger partial charge in [-0.15, -0.1) is 0 Å². The quantitative estimate of drug-likeness (QED) is 0.887. The lowest BCUT2D eigenvalue weighted by Gasteiger charge is -2.17. The summed E-state index contributed by atoms with van der Waals surface area (Å²) in [7, 11) is -3.90. The average Bonchev–Trinajstić information content (AvgIpc) is 2.84. The van der Waals surface area contributed by atoms with Crippen molar-refractivity contribution in [2.45, 2.75) is 30.9 Å². The number of sulfonamides is 1. The van der Waals surface area contributed by atoms with Crippen LogP contribution in [0.1, 0.15) is 19.8 Å². The molecule has 1 N–H and O–H groups in total. The van der Waals surface area contributed by atoms with E-state index in [1.165, 1.54) is 12.3 Å². The van der Waals surface area contributed by atoms with E-state index >= 15 is 0 Å². The molecule has 0 saturated carbocycles. The monoisotopic (exact) mass is 288 g/mol. The van der Waals surface area contributed by atoms with Gasteiger partial charge < -0.3 is 4.74 Å². The van der Waals surface area contributed by atoms with Crippen molar-refractivity contribution in [3.63, 3.8) is 0 Å². The second kappa shape index (κ2) is 5.94. The van der Waals surface area contributed by atoms with Crippen molar-refractivity contribution in [1.29, 1.82) is 0 Å². The molecule has 0 aliphatic carbocycles. The summed E-state index contributed by atoms with van der Waals surface area (Å²) in [6.45, 7) is 2.88. The maximum Gasteiger partial charge on any atom is 0.261 e. The fourth-order valence-electron chi connectivity index (χ4n) is 2.23. The van der Waals surface area contributed by atoms with E-state index < -0.39 is 20.9 Å². The molecule has 5 nitrogen and oxygen atoms in total. The third kappa shape index (κ3) is 3.29. The molecule has 1 saturated heterocycles. The Kier molecular flexibility index (Phi) is 4.49. The summed E-state index contributed by atoms with van der Waals surface area (Å²) in [4.78, 5) is 3.58. The van der Waals surface area contributed by atoms with Crippen LogP contribution >= 0.6 is 0 Å². The molecular weight excluding hydrogens is 271 g/mol. The van der Waals surface area contributed by atoms with E-state index in [-0.39, 0.29) is 18.6 Å². The number of halogens is 1. The molecule has 106 valence electrons. The molecule has 0 spiro atoms. The largest absolute Gasteiger partial charge is 0.378 e. The number of pyridine rings is 1. The highest BCUT2D eigenvalue weighted by Crippen LogP contribution is 2.23. The Labute approximate surface area is 112 Å².